The average molecular weight is 244 g/mol. The normalized spacial score (nSPS) is 10.4. The van der Waals surface area contributed by atoms with Crippen molar-refractivity contribution in [2.75, 3.05) is 17.7 Å². The van der Waals surface area contributed by atoms with Crippen LogP contribution in [0, 0.1) is 12.7 Å². The lowest BCUT2D eigenvalue weighted by atomic mass is 10.1. The quantitative estimate of drug-likeness (QED) is 0.839. The minimum atomic E-state index is -0.268. The van der Waals surface area contributed by atoms with Gasteiger partial charge < -0.3 is 10.6 Å². The fourth-order valence-corrected chi connectivity index (χ4v) is 2.02. The van der Waals surface area contributed by atoms with Crippen molar-refractivity contribution in [1.82, 2.24) is 0 Å². The van der Waals surface area contributed by atoms with Crippen LogP contribution in [0.2, 0.25) is 0 Å². The van der Waals surface area contributed by atoms with Gasteiger partial charge in [0.05, 0.1) is 11.4 Å². The molecule has 0 aliphatic heterocycles. The van der Waals surface area contributed by atoms with E-state index in [1.165, 1.54) is 23.3 Å². The molecule has 0 heterocycles. The summed E-state index contributed by atoms with van der Waals surface area (Å²) in [4.78, 5) is 1.95. The van der Waals surface area contributed by atoms with Gasteiger partial charge in [0.25, 0.3) is 0 Å². The zero-order valence-corrected chi connectivity index (χ0v) is 10.7. The predicted octanol–water partition coefficient (Wildman–Crippen LogP) is 3.35. The summed E-state index contributed by atoms with van der Waals surface area (Å²) in [6.45, 7) is 2.76. The SMILES string of the molecule is Cc1cccc(CN(C)c2cc(F)ccc2N)c1. The van der Waals surface area contributed by atoms with Gasteiger partial charge in [0.15, 0.2) is 0 Å². The van der Waals surface area contributed by atoms with Crippen molar-refractivity contribution in [3.8, 4) is 0 Å². The van der Waals surface area contributed by atoms with E-state index in [1.54, 1.807) is 6.07 Å². The Bertz CT molecular complexity index is 552. The summed E-state index contributed by atoms with van der Waals surface area (Å²) in [7, 11) is 1.91. The lowest BCUT2D eigenvalue weighted by Gasteiger charge is -2.21. The third-order valence-corrected chi connectivity index (χ3v) is 2.91. The number of benzene rings is 2. The third-order valence-electron chi connectivity index (χ3n) is 2.91. The molecule has 2 aromatic rings. The molecule has 0 atom stereocenters. The van der Waals surface area contributed by atoms with Crippen LogP contribution in [0.1, 0.15) is 11.1 Å². The topological polar surface area (TPSA) is 29.3 Å². The second kappa shape index (κ2) is 5.08. The van der Waals surface area contributed by atoms with Crippen LogP contribution < -0.4 is 10.6 Å². The minimum Gasteiger partial charge on any atom is -0.397 e. The van der Waals surface area contributed by atoms with Gasteiger partial charge >= 0.3 is 0 Å². The molecule has 0 unspecified atom stereocenters. The molecule has 94 valence electrons. The Morgan fingerprint density at radius 2 is 1.94 bits per heavy atom. The number of halogens is 1. The second-order valence-corrected chi connectivity index (χ2v) is 4.55. The van der Waals surface area contributed by atoms with E-state index in [4.69, 9.17) is 5.73 Å². The first kappa shape index (κ1) is 12.4. The smallest absolute Gasteiger partial charge is 0.125 e. The molecule has 0 radical (unpaired) electrons. The Kier molecular flexibility index (Phi) is 3.51. The molecule has 0 aliphatic rings. The maximum Gasteiger partial charge on any atom is 0.125 e. The Morgan fingerprint density at radius 1 is 1.17 bits per heavy atom. The van der Waals surface area contributed by atoms with Gasteiger partial charge in [0, 0.05) is 13.6 Å². The van der Waals surface area contributed by atoms with Crippen LogP contribution in [-0.2, 0) is 6.54 Å². The summed E-state index contributed by atoms with van der Waals surface area (Å²) in [5, 5.41) is 0. The second-order valence-electron chi connectivity index (χ2n) is 4.55. The number of aryl methyl sites for hydroxylation is 1. The number of hydrogen-bond donors (Lipinski definition) is 1. The van der Waals surface area contributed by atoms with E-state index >= 15 is 0 Å². The predicted molar refractivity (Wildman–Crippen MR) is 74.1 cm³/mol. The molecule has 0 aliphatic carbocycles. The Labute approximate surface area is 107 Å². The van der Waals surface area contributed by atoms with Crippen LogP contribution in [0.4, 0.5) is 15.8 Å². The van der Waals surface area contributed by atoms with E-state index in [0.717, 1.165) is 5.69 Å². The van der Waals surface area contributed by atoms with Crippen molar-refractivity contribution in [1.29, 1.82) is 0 Å². The molecule has 0 saturated heterocycles. The number of nitrogens with zero attached hydrogens (tertiary/aromatic N) is 1. The highest BCUT2D eigenvalue weighted by molar-refractivity contribution is 5.67. The van der Waals surface area contributed by atoms with Gasteiger partial charge in [-0.25, -0.2) is 4.39 Å². The molecular formula is C15H17FN2. The molecular weight excluding hydrogens is 227 g/mol. The molecule has 3 heteroatoms. The summed E-state index contributed by atoms with van der Waals surface area (Å²) in [5.41, 5.74) is 9.57. The first-order valence-electron chi connectivity index (χ1n) is 5.88. The molecule has 2 nitrogen and oxygen atoms in total. The Balaban J connectivity index is 2.21. The molecule has 0 fully saturated rings. The molecule has 0 spiro atoms. The zero-order chi connectivity index (χ0) is 13.1. The molecule has 0 amide bonds. The molecule has 0 aromatic heterocycles. The van der Waals surface area contributed by atoms with E-state index < -0.39 is 0 Å². The summed E-state index contributed by atoms with van der Waals surface area (Å²) in [6, 6.07) is 12.7. The Morgan fingerprint density at radius 3 is 2.67 bits per heavy atom. The monoisotopic (exact) mass is 244 g/mol. The van der Waals surface area contributed by atoms with Gasteiger partial charge in [-0.3, -0.25) is 0 Å². The molecule has 0 saturated carbocycles. The molecule has 2 rings (SSSR count). The maximum absolute atomic E-state index is 13.2. The van der Waals surface area contributed by atoms with Crippen molar-refractivity contribution in [3.63, 3.8) is 0 Å². The highest BCUT2D eigenvalue weighted by atomic mass is 19.1. The summed E-state index contributed by atoms with van der Waals surface area (Å²) in [5.74, 6) is -0.268. The number of nitrogens with two attached hydrogens (primary N) is 1. The van der Waals surface area contributed by atoms with E-state index in [2.05, 4.69) is 25.1 Å². The lowest BCUT2D eigenvalue weighted by Crippen LogP contribution is -2.18. The summed E-state index contributed by atoms with van der Waals surface area (Å²) in [6.07, 6.45) is 0. The molecule has 2 N–H and O–H groups in total. The number of hydrogen-bond acceptors (Lipinski definition) is 2. The third kappa shape index (κ3) is 2.80. The fourth-order valence-electron chi connectivity index (χ4n) is 2.02. The molecule has 0 bridgehead atoms. The lowest BCUT2D eigenvalue weighted by molar-refractivity contribution is 0.627. The first-order valence-corrected chi connectivity index (χ1v) is 5.88. The van der Waals surface area contributed by atoms with Gasteiger partial charge in [-0.2, -0.15) is 0 Å². The van der Waals surface area contributed by atoms with Crippen molar-refractivity contribution in [3.05, 3.63) is 59.4 Å². The van der Waals surface area contributed by atoms with Crippen LogP contribution in [0.15, 0.2) is 42.5 Å². The van der Waals surface area contributed by atoms with E-state index in [0.29, 0.717) is 12.2 Å². The van der Waals surface area contributed by atoms with Crippen molar-refractivity contribution < 1.29 is 4.39 Å². The van der Waals surface area contributed by atoms with Crippen LogP contribution in [-0.4, -0.2) is 7.05 Å². The van der Waals surface area contributed by atoms with E-state index in [1.807, 2.05) is 18.0 Å². The highest BCUT2D eigenvalue weighted by Gasteiger charge is 2.07. The van der Waals surface area contributed by atoms with Gasteiger partial charge in [0.1, 0.15) is 5.82 Å². The highest BCUT2D eigenvalue weighted by Crippen LogP contribution is 2.24. The van der Waals surface area contributed by atoms with E-state index in [9.17, 15) is 4.39 Å². The zero-order valence-electron chi connectivity index (χ0n) is 10.7. The van der Waals surface area contributed by atoms with Crippen molar-refractivity contribution in [2.24, 2.45) is 0 Å². The standard InChI is InChI=1S/C15H17FN2/c1-11-4-3-5-12(8-11)10-18(2)15-9-13(16)6-7-14(15)17/h3-9H,10,17H2,1-2H3. The number of anilines is 2. The largest absolute Gasteiger partial charge is 0.397 e. The minimum absolute atomic E-state index is 0.268. The maximum atomic E-state index is 13.2. The van der Waals surface area contributed by atoms with Crippen LogP contribution in [0.5, 0.6) is 0 Å². The average Bonchev–Trinajstić information content (AvgIpc) is 2.32. The van der Waals surface area contributed by atoms with Crippen LogP contribution in [0.3, 0.4) is 0 Å². The molecule has 2 aromatic carbocycles. The summed E-state index contributed by atoms with van der Waals surface area (Å²) < 4.78 is 13.2. The molecule has 18 heavy (non-hydrogen) atoms. The van der Waals surface area contributed by atoms with Gasteiger partial charge in [-0.1, -0.05) is 29.8 Å². The van der Waals surface area contributed by atoms with Gasteiger partial charge in [0.2, 0.25) is 0 Å². The van der Waals surface area contributed by atoms with Crippen molar-refractivity contribution >= 4 is 11.4 Å². The number of nitrogen functional groups attached to an aromatic ring is 1. The van der Waals surface area contributed by atoms with Gasteiger partial charge in [-0.15, -0.1) is 0 Å². The Hall–Kier alpha value is -2.03. The van der Waals surface area contributed by atoms with E-state index in [-0.39, 0.29) is 5.82 Å². The van der Waals surface area contributed by atoms with Gasteiger partial charge in [-0.05, 0) is 30.7 Å². The van der Waals surface area contributed by atoms with Crippen molar-refractivity contribution in [2.45, 2.75) is 13.5 Å². The fraction of sp³-hybridized carbons (Fsp3) is 0.200. The van der Waals surface area contributed by atoms with Crippen LogP contribution >= 0.6 is 0 Å². The summed E-state index contributed by atoms with van der Waals surface area (Å²) >= 11 is 0. The van der Waals surface area contributed by atoms with Crippen LogP contribution in [0.25, 0.3) is 0 Å². The first-order chi connectivity index (χ1) is 8.56. The number of rotatable bonds is 3.